The van der Waals surface area contributed by atoms with Crippen molar-refractivity contribution in [3.63, 3.8) is 0 Å². The first-order valence-electron chi connectivity index (χ1n) is 4.48. The van der Waals surface area contributed by atoms with Gasteiger partial charge in [-0.1, -0.05) is 13.8 Å². The van der Waals surface area contributed by atoms with E-state index in [0.717, 1.165) is 19.1 Å². The molecule has 2 nitrogen and oxygen atoms in total. The average Bonchev–Trinajstić information content (AvgIpc) is 1.77. The Morgan fingerprint density at radius 2 is 2.18 bits per heavy atom. The number of hydrogen-bond donors (Lipinski definition) is 0. The molecule has 0 radical (unpaired) electrons. The number of ether oxygens (including phenoxy) is 1. The third-order valence-corrected chi connectivity index (χ3v) is 1.99. The number of nitrogens with zero attached hydrogens (tertiary/aromatic N) is 1. The second-order valence-electron chi connectivity index (χ2n) is 3.90. The predicted octanol–water partition coefficient (Wildman–Crippen LogP) is 1.36. The molecule has 1 saturated heterocycles. The standard InChI is InChI=1S/C9H19NO/c1-8(2)6-10(3)7-9-4-5-11-9/h8-9H,4-7H2,1-3H3/t9-/m1/s1. The van der Waals surface area contributed by atoms with Gasteiger partial charge < -0.3 is 9.64 Å². The van der Waals surface area contributed by atoms with Crippen LogP contribution < -0.4 is 0 Å². The topological polar surface area (TPSA) is 12.5 Å². The molecule has 0 unspecified atom stereocenters. The monoisotopic (exact) mass is 157 g/mol. The van der Waals surface area contributed by atoms with Crippen molar-refractivity contribution >= 4 is 0 Å². The molecule has 2 heteroatoms. The van der Waals surface area contributed by atoms with E-state index in [1.165, 1.54) is 13.0 Å². The fraction of sp³-hybridized carbons (Fsp3) is 1.00. The van der Waals surface area contributed by atoms with Crippen LogP contribution in [0.15, 0.2) is 0 Å². The quantitative estimate of drug-likeness (QED) is 0.611. The third-order valence-electron chi connectivity index (χ3n) is 1.99. The summed E-state index contributed by atoms with van der Waals surface area (Å²) in [4.78, 5) is 2.36. The predicted molar refractivity (Wildman–Crippen MR) is 46.7 cm³/mol. The van der Waals surface area contributed by atoms with Crippen molar-refractivity contribution in [2.45, 2.75) is 26.4 Å². The molecular weight excluding hydrogens is 138 g/mol. The summed E-state index contributed by atoms with van der Waals surface area (Å²) in [6, 6.07) is 0. The Bertz CT molecular complexity index is 110. The summed E-state index contributed by atoms with van der Waals surface area (Å²) in [5.74, 6) is 0.764. The van der Waals surface area contributed by atoms with Crippen LogP contribution in [0.2, 0.25) is 0 Å². The van der Waals surface area contributed by atoms with Crippen molar-refractivity contribution in [1.29, 1.82) is 0 Å². The second-order valence-corrected chi connectivity index (χ2v) is 3.90. The second kappa shape index (κ2) is 4.07. The molecule has 1 aliphatic rings. The van der Waals surface area contributed by atoms with Crippen LogP contribution >= 0.6 is 0 Å². The van der Waals surface area contributed by atoms with Gasteiger partial charge in [0, 0.05) is 19.7 Å². The molecule has 1 rings (SSSR count). The highest BCUT2D eigenvalue weighted by Crippen LogP contribution is 2.12. The van der Waals surface area contributed by atoms with Crippen molar-refractivity contribution in [1.82, 2.24) is 4.90 Å². The van der Waals surface area contributed by atoms with E-state index in [4.69, 9.17) is 4.74 Å². The largest absolute Gasteiger partial charge is 0.377 e. The minimum Gasteiger partial charge on any atom is -0.377 e. The van der Waals surface area contributed by atoms with Gasteiger partial charge in [0.15, 0.2) is 0 Å². The molecule has 1 atom stereocenters. The van der Waals surface area contributed by atoms with Gasteiger partial charge in [0.2, 0.25) is 0 Å². The zero-order chi connectivity index (χ0) is 8.27. The summed E-state index contributed by atoms with van der Waals surface area (Å²) in [5, 5.41) is 0. The summed E-state index contributed by atoms with van der Waals surface area (Å²) < 4.78 is 5.34. The Morgan fingerprint density at radius 1 is 1.55 bits per heavy atom. The van der Waals surface area contributed by atoms with E-state index in [2.05, 4.69) is 25.8 Å². The Hall–Kier alpha value is -0.0800. The third kappa shape index (κ3) is 3.21. The van der Waals surface area contributed by atoms with Gasteiger partial charge in [-0.3, -0.25) is 0 Å². The Morgan fingerprint density at radius 3 is 2.55 bits per heavy atom. The van der Waals surface area contributed by atoms with Crippen molar-refractivity contribution in [3.05, 3.63) is 0 Å². The van der Waals surface area contributed by atoms with Crippen LogP contribution in [0.3, 0.4) is 0 Å². The van der Waals surface area contributed by atoms with Gasteiger partial charge in [0.05, 0.1) is 6.10 Å². The van der Waals surface area contributed by atoms with Gasteiger partial charge >= 0.3 is 0 Å². The van der Waals surface area contributed by atoms with Crippen molar-refractivity contribution < 1.29 is 4.74 Å². The van der Waals surface area contributed by atoms with Crippen molar-refractivity contribution in [3.8, 4) is 0 Å². The molecule has 11 heavy (non-hydrogen) atoms. The molecule has 0 bridgehead atoms. The fourth-order valence-electron chi connectivity index (χ4n) is 1.47. The lowest BCUT2D eigenvalue weighted by atomic mass is 10.1. The van der Waals surface area contributed by atoms with E-state index in [9.17, 15) is 0 Å². The van der Waals surface area contributed by atoms with E-state index in [0.29, 0.717) is 6.10 Å². The van der Waals surface area contributed by atoms with Crippen LogP contribution in [0.4, 0.5) is 0 Å². The smallest absolute Gasteiger partial charge is 0.0723 e. The molecule has 1 aliphatic heterocycles. The first kappa shape index (κ1) is 9.01. The Kier molecular flexibility index (Phi) is 3.34. The summed E-state index contributed by atoms with van der Waals surface area (Å²) >= 11 is 0. The van der Waals surface area contributed by atoms with Gasteiger partial charge in [-0.05, 0) is 19.4 Å². The maximum Gasteiger partial charge on any atom is 0.0723 e. The molecule has 0 spiro atoms. The van der Waals surface area contributed by atoms with Crippen LogP contribution in [0.1, 0.15) is 20.3 Å². The maximum atomic E-state index is 5.34. The molecule has 0 aliphatic carbocycles. The average molecular weight is 157 g/mol. The lowest BCUT2D eigenvalue weighted by Crippen LogP contribution is -2.39. The van der Waals surface area contributed by atoms with Crippen LogP contribution in [0, 0.1) is 5.92 Å². The van der Waals surface area contributed by atoms with Crippen molar-refractivity contribution in [2.75, 3.05) is 26.7 Å². The van der Waals surface area contributed by atoms with E-state index >= 15 is 0 Å². The zero-order valence-electron chi connectivity index (χ0n) is 7.84. The minimum atomic E-state index is 0.527. The molecule has 0 aromatic heterocycles. The van der Waals surface area contributed by atoms with Crippen LogP contribution in [0.25, 0.3) is 0 Å². The van der Waals surface area contributed by atoms with E-state index in [1.807, 2.05) is 0 Å². The number of rotatable bonds is 4. The maximum absolute atomic E-state index is 5.34. The molecule has 0 aromatic carbocycles. The van der Waals surface area contributed by atoms with Crippen LogP contribution in [-0.2, 0) is 4.74 Å². The lowest BCUT2D eigenvalue weighted by Gasteiger charge is -2.31. The summed E-state index contributed by atoms with van der Waals surface area (Å²) in [6.45, 7) is 7.76. The Balaban J connectivity index is 2.04. The summed E-state index contributed by atoms with van der Waals surface area (Å²) in [6.07, 6.45) is 1.78. The fourth-order valence-corrected chi connectivity index (χ4v) is 1.47. The van der Waals surface area contributed by atoms with Gasteiger partial charge in [-0.25, -0.2) is 0 Å². The Labute approximate surface area is 69.5 Å². The summed E-state index contributed by atoms with van der Waals surface area (Å²) in [5.41, 5.74) is 0. The summed E-state index contributed by atoms with van der Waals surface area (Å²) in [7, 11) is 2.17. The van der Waals surface area contributed by atoms with E-state index in [-0.39, 0.29) is 0 Å². The molecule has 0 N–H and O–H groups in total. The van der Waals surface area contributed by atoms with Gasteiger partial charge in [0.25, 0.3) is 0 Å². The normalized spacial score (nSPS) is 24.3. The van der Waals surface area contributed by atoms with Crippen LogP contribution in [-0.4, -0.2) is 37.7 Å². The highest BCUT2D eigenvalue weighted by molar-refractivity contribution is 4.70. The molecule has 0 aromatic rings. The molecule has 1 heterocycles. The molecule has 1 fully saturated rings. The van der Waals surface area contributed by atoms with Gasteiger partial charge in [-0.2, -0.15) is 0 Å². The molecular formula is C9H19NO. The first-order chi connectivity index (χ1) is 5.18. The minimum absolute atomic E-state index is 0.527. The highest BCUT2D eigenvalue weighted by Gasteiger charge is 2.19. The molecule has 66 valence electrons. The van der Waals surface area contributed by atoms with Gasteiger partial charge in [-0.15, -0.1) is 0 Å². The number of likely N-dealkylation sites (N-methyl/N-ethyl adjacent to an activating group) is 1. The SMILES string of the molecule is CC(C)CN(C)C[C@H]1CCO1. The molecule has 0 amide bonds. The van der Waals surface area contributed by atoms with E-state index < -0.39 is 0 Å². The number of hydrogen-bond acceptors (Lipinski definition) is 2. The van der Waals surface area contributed by atoms with Gasteiger partial charge in [0.1, 0.15) is 0 Å². The van der Waals surface area contributed by atoms with Crippen LogP contribution in [0.5, 0.6) is 0 Å². The van der Waals surface area contributed by atoms with Crippen molar-refractivity contribution in [2.24, 2.45) is 5.92 Å². The first-order valence-corrected chi connectivity index (χ1v) is 4.48. The highest BCUT2D eigenvalue weighted by atomic mass is 16.5. The lowest BCUT2D eigenvalue weighted by molar-refractivity contribution is -0.0645. The molecule has 0 saturated carbocycles. The van der Waals surface area contributed by atoms with E-state index in [1.54, 1.807) is 0 Å². The zero-order valence-corrected chi connectivity index (χ0v) is 7.84.